The van der Waals surface area contributed by atoms with E-state index in [0.717, 1.165) is 4.90 Å². The molecular weight excluding hydrogens is 319 g/mol. The normalized spacial score (nSPS) is 21.4. The lowest BCUT2D eigenvalue weighted by Gasteiger charge is -2.23. The van der Waals surface area contributed by atoms with Gasteiger partial charge < -0.3 is 10.1 Å². The number of rotatable bonds is 3. The monoisotopic (exact) mass is 330 g/mol. The Balaban J connectivity index is 2.38. The highest BCUT2D eigenvalue weighted by Gasteiger charge is 2.50. The van der Waals surface area contributed by atoms with Crippen molar-refractivity contribution in [1.29, 1.82) is 0 Å². The van der Waals surface area contributed by atoms with Crippen molar-refractivity contribution in [3.63, 3.8) is 0 Å². The summed E-state index contributed by atoms with van der Waals surface area (Å²) in [5.74, 6) is -1.27. The van der Waals surface area contributed by atoms with E-state index in [0.29, 0.717) is 10.6 Å². The Bertz CT molecular complexity index is 635. The molecule has 8 heteroatoms. The number of hydrogen-bond acceptors (Lipinski definition) is 4. The Morgan fingerprint density at radius 2 is 2.05 bits per heavy atom. The maximum absolute atomic E-state index is 12.5. The van der Waals surface area contributed by atoms with Gasteiger partial charge in [-0.2, -0.15) is 0 Å². The van der Waals surface area contributed by atoms with Crippen molar-refractivity contribution < 1.29 is 19.1 Å². The molecule has 1 heterocycles. The van der Waals surface area contributed by atoms with E-state index >= 15 is 0 Å². The first-order valence-corrected chi connectivity index (χ1v) is 6.71. The minimum absolute atomic E-state index is 0.249. The minimum atomic E-state index is -1.35. The van der Waals surface area contributed by atoms with Crippen LogP contribution in [-0.4, -0.2) is 36.5 Å². The van der Waals surface area contributed by atoms with E-state index in [-0.39, 0.29) is 5.02 Å². The fourth-order valence-electron chi connectivity index (χ4n) is 2.11. The highest BCUT2D eigenvalue weighted by molar-refractivity contribution is 6.35. The van der Waals surface area contributed by atoms with E-state index in [4.69, 9.17) is 23.2 Å². The molecule has 0 aromatic heterocycles. The number of hydrogen-bond donors (Lipinski definition) is 1. The van der Waals surface area contributed by atoms with Gasteiger partial charge in [0, 0.05) is 15.6 Å². The molecular formula is C13H12Cl2N2O4. The number of amides is 3. The molecule has 0 bridgehead atoms. The second-order valence-electron chi connectivity index (χ2n) is 4.65. The third kappa shape index (κ3) is 2.69. The van der Waals surface area contributed by atoms with Crippen molar-refractivity contribution in [1.82, 2.24) is 10.2 Å². The van der Waals surface area contributed by atoms with Crippen molar-refractivity contribution in [2.45, 2.75) is 12.5 Å². The molecule has 1 aliphatic heterocycles. The van der Waals surface area contributed by atoms with Crippen LogP contribution in [0.4, 0.5) is 4.79 Å². The topological polar surface area (TPSA) is 75.7 Å². The maximum Gasteiger partial charge on any atom is 0.325 e. The van der Waals surface area contributed by atoms with E-state index in [1.165, 1.54) is 20.1 Å². The Kier molecular flexibility index (Phi) is 4.11. The average Bonchev–Trinajstić information content (AvgIpc) is 2.62. The molecule has 3 amide bonds. The van der Waals surface area contributed by atoms with Gasteiger partial charge in [-0.05, 0) is 19.1 Å². The molecule has 1 saturated heterocycles. The Labute approximate surface area is 130 Å². The summed E-state index contributed by atoms with van der Waals surface area (Å²) in [4.78, 5) is 36.5. The van der Waals surface area contributed by atoms with E-state index in [1.54, 1.807) is 12.1 Å². The Morgan fingerprint density at radius 3 is 2.62 bits per heavy atom. The van der Waals surface area contributed by atoms with Crippen LogP contribution in [0.5, 0.6) is 0 Å². The highest BCUT2D eigenvalue weighted by atomic mass is 35.5. The number of benzene rings is 1. The van der Waals surface area contributed by atoms with Crippen LogP contribution in [0.2, 0.25) is 10.0 Å². The van der Waals surface area contributed by atoms with Gasteiger partial charge in [0.15, 0.2) is 0 Å². The summed E-state index contributed by atoms with van der Waals surface area (Å²) < 4.78 is 4.47. The van der Waals surface area contributed by atoms with Gasteiger partial charge >= 0.3 is 12.0 Å². The van der Waals surface area contributed by atoms with Crippen LogP contribution >= 0.6 is 23.2 Å². The number of nitrogens with zero attached hydrogens (tertiary/aromatic N) is 1. The van der Waals surface area contributed by atoms with Crippen LogP contribution in [0.1, 0.15) is 12.5 Å². The first kappa shape index (κ1) is 15.6. The smallest absolute Gasteiger partial charge is 0.325 e. The van der Waals surface area contributed by atoms with E-state index in [1.807, 2.05) is 0 Å². The second kappa shape index (κ2) is 5.54. The summed E-state index contributed by atoms with van der Waals surface area (Å²) in [5.41, 5.74) is -0.952. The number of methoxy groups -OCH3 is 1. The molecule has 0 radical (unpaired) electrons. The van der Waals surface area contributed by atoms with Gasteiger partial charge in [-0.1, -0.05) is 29.3 Å². The SMILES string of the molecule is COC(=O)CN1C(=O)NC(C)(c2ccc(Cl)cc2Cl)C1=O. The Hall–Kier alpha value is -1.79. The third-order valence-corrected chi connectivity index (χ3v) is 3.81. The lowest BCUT2D eigenvalue weighted by Crippen LogP contribution is -2.41. The van der Waals surface area contributed by atoms with Crippen LogP contribution in [-0.2, 0) is 19.9 Å². The number of halogens is 2. The zero-order valence-electron chi connectivity index (χ0n) is 11.3. The standard InChI is InChI=1S/C13H12Cl2N2O4/c1-13(8-4-3-7(14)5-9(8)15)11(19)17(12(20)16-13)6-10(18)21-2/h3-5H,6H2,1-2H3,(H,16,20). The number of nitrogens with one attached hydrogen (secondary N) is 1. The van der Waals surface area contributed by atoms with Crippen molar-refractivity contribution >= 4 is 41.1 Å². The van der Waals surface area contributed by atoms with Gasteiger partial charge in [0.2, 0.25) is 0 Å². The zero-order chi connectivity index (χ0) is 15.8. The number of urea groups is 1. The molecule has 6 nitrogen and oxygen atoms in total. The zero-order valence-corrected chi connectivity index (χ0v) is 12.8. The van der Waals surface area contributed by atoms with Crippen molar-refractivity contribution in [3.8, 4) is 0 Å². The lowest BCUT2D eigenvalue weighted by atomic mass is 9.92. The molecule has 1 unspecified atom stereocenters. The maximum atomic E-state index is 12.5. The van der Waals surface area contributed by atoms with Crippen LogP contribution in [0.25, 0.3) is 0 Å². The van der Waals surface area contributed by atoms with Gasteiger partial charge in [-0.15, -0.1) is 0 Å². The molecule has 112 valence electrons. The predicted octanol–water partition coefficient (Wildman–Crippen LogP) is 1.93. The summed E-state index contributed by atoms with van der Waals surface area (Å²) in [6.07, 6.45) is 0. The summed E-state index contributed by atoms with van der Waals surface area (Å²) in [6, 6.07) is 3.92. The van der Waals surface area contributed by atoms with Gasteiger partial charge in [0.25, 0.3) is 5.91 Å². The number of carbonyl (C=O) groups is 3. The number of carbonyl (C=O) groups excluding carboxylic acids is 3. The summed E-state index contributed by atoms with van der Waals surface area (Å²) in [7, 11) is 1.18. The molecule has 0 spiro atoms. The van der Waals surface area contributed by atoms with Crippen LogP contribution in [0, 0.1) is 0 Å². The quantitative estimate of drug-likeness (QED) is 0.678. The molecule has 0 aliphatic carbocycles. The summed E-state index contributed by atoms with van der Waals surface area (Å²) >= 11 is 11.9. The molecule has 21 heavy (non-hydrogen) atoms. The molecule has 2 rings (SSSR count). The third-order valence-electron chi connectivity index (χ3n) is 3.26. The fraction of sp³-hybridized carbons (Fsp3) is 0.308. The largest absolute Gasteiger partial charge is 0.468 e. The van der Waals surface area contributed by atoms with E-state index in [2.05, 4.69) is 10.1 Å². The predicted molar refractivity (Wildman–Crippen MR) is 76.1 cm³/mol. The van der Waals surface area contributed by atoms with E-state index in [9.17, 15) is 14.4 Å². The first-order valence-electron chi connectivity index (χ1n) is 5.96. The first-order chi connectivity index (χ1) is 9.79. The number of esters is 1. The van der Waals surface area contributed by atoms with Gasteiger partial charge in [0.1, 0.15) is 12.1 Å². The minimum Gasteiger partial charge on any atom is -0.468 e. The van der Waals surface area contributed by atoms with Crippen molar-refractivity contribution in [3.05, 3.63) is 33.8 Å². The number of imide groups is 1. The average molecular weight is 331 g/mol. The van der Waals surface area contributed by atoms with Crippen molar-refractivity contribution in [2.75, 3.05) is 13.7 Å². The van der Waals surface area contributed by atoms with Crippen molar-refractivity contribution in [2.24, 2.45) is 0 Å². The molecule has 1 N–H and O–H groups in total. The lowest BCUT2D eigenvalue weighted by molar-refractivity contribution is -0.145. The molecule has 1 atom stereocenters. The highest BCUT2D eigenvalue weighted by Crippen LogP contribution is 2.34. The molecule has 1 fully saturated rings. The van der Waals surface area contributed by atoms with E-state index < -0.39 is 30.0 Å². The summed E-state index contributed by atoms with van der Waals surface area (Å²) in [6.45, 7) is 1.06. The Morgan fingerprint density at radius 1 is 1.38 bits per heavy atom. The molecule has 0 saturated carbocycles. The number of ether oxygens (including phenoxy) is 1. The van der Waals surface area contributed by atoms with Gasteiger partial charge in [-0.25, -0.2) is 4.79 Å². The van der Waals surface area contributed by atoms with Gasteiger partial charge in [0.05, 0.1) is 7.11 Å². The van der Waals surface area contributed by atoms with Gasteiger partial charge in [-0.3, -0.25) is 14.5 Å². The van der Waals surface area contributed by atoms with Crippen LogP contribution in [0.15, 0.2) is 18.2 Å². The molecule has 1 aromatic carbocycles. The molecule has 1 aromatic rings. The second-order valence-corrected chi connectivity index (χ2v) is 5.49. The van der Waals surface area contributed by atoms with Crippen LogP contribution in [0.3, 0.4) is 0 Å². The van der Waals surface area contributed by atoms with Crippen LogP contribution < -0.4 is 5.32 Å². The summed E-state index contributed by atoms with van der Waals surface area (Å²) in [5, 5.41) is 3.20. The fourth-order valence-corrected chi connectivity index (χ4v) is 2.71. The molecule has 1 aliphatic rings.